The van der Waals surface area contributed by atoms with Crippen LogP contribution in [0.5, 0.6) is 5.75 Å². The Bertz CT molecular complexity index is 558. The van der Waals surface area contributed by atoms with E-state index < -0.39 is 0 Å². The van der Waals surface area contributed by atoms with Gasteiger partial charge in [-0.1, -0.05) is 57.2 Å². The number of methoxy groups -OCH3 is 1. The highest BCUT2D eigenvalue weighted by Crippen LogP contribution is 2.22. The van der Waals surface area contributed by atoms with Crippen molar-refractivity contribution in [3.8, 4) is 5.75 Å². The molecular formula is C21H28O. The lowest BCUT2D eigenvalue weighted by Crippen LogP contribution is -2.10. The van der Waals surface area contributed by atoms with Gasteiger partial charge in [0.05, 0.1) is 7.11 Å². The van der Waals surface area contributed by atoms with Crippen LogP contribution in [0.15, 0.2) is 48.5 Å². The summed E-state index contributed by atoms with van der Waals surface area (Å²) in [6, 6.07) is 17.5. The molecule has 0 saturated carbocycles. The number of unbranched alkanes of at least 4 members (excludes halogenated alkanes) is 1. The predicted octanol–water partition coefficient (Wildman–Crippen LogP) is 5.56. The normalized spacial score (nSPS) is 11.5. The highest BCUT2D eigenvalue weighted by molar-refractivity contribution is 5.28. The van der Waals surface area contributed by atoms with Crippen molar-refractivity contribution in [2.75, 3.05) is 7.11 Å². The quantitative estimate of drug-likeness (QED) is 0.634. The summed E-state index contributed by atoms with van der Waals surface area (Å²) in [4.78, 5) is 0. The molecule has 2 rings (SSSR count). The van der Waals surface area contributed by atoms with Crippen molar-refractivity contribution in [1.29, 1.82) is 0 Å². The number of ether oxygens (including phenoxy) is 1. The second-order valence-corrected chi connectivity index (χ2v) is 7.00. The second kappa shape index (κ2) is 7.49. The Morgan fingerprint density at radius 2 is 1.18 bits per heavy atom. The Hall–Kier alpha value is -1.76. The van der Waals surface area contributed by atoms with Crippen LogP contribution < -0.4 is 4.74 Å². The van der Waals surface area contributed by atoms with Gasteiger partial charge in [0.25, 0.3) is 0 Å². The van der Waals surface area contributed by atoms with Crippen molar-refractivity contribution in [2.24, 2.45) is 0 Å². The van der Waals surface area contributed by atoms with Gasteiger partial charge in [-0.3, -0.25) is 0 Å². The molecule has 0 atom stereocenters. The van der Waals surface area contributed by atoms with Crippen LogP contribution in [-0.4, -0.2) is 7.11 Å². The van der Waals surface area contributed by atoms with Crippen LogP contribution >= 0.6 is 0 Å². The molecule has 0 N–H and O–H groups in total. The van der Waals surface area contributed by atoms with E-state index in [2.05, 4.69) is 57.2 Å². The Morgan fingerprint density at radius 1 is 0.727 bits per heavy atom. The molecule has 1 nitrogen and oxygen atoms in total. The van der Waals surface area contributed by atoms with Gasteiger partial charge in [0.2, 0.25) is 0 Å². The summed E-state index contributed by atoms with van der Waals surface area (Å²) in [6.45, 7) is 6.78. The molecule has 0 aromatic heterocycles. The Kier molecular flexibility index (Phi) is 5.65. The minimum Gasteiger partial charge on any atom is -0.497 e. The monoisotopic (exact) mass is 296 g/mol. The van der Waals surface area contributed by atoms with Crippen LogP contribution in [0.2, 0.25) is 0 Å². The van der Waals surface area contributed by atoms with Crippen molar-refractivity contribution in [3.63, 3.8) is 0 Å². The minimum absolute atomic E-state index is 0.243. The molecule has 0 radical (unpaired) electrons. The molecular weight excluding hydrogens is 268 g/mol. The molecule has 0 unspecified atom stereocenters. The van der Waals surface area contributed by atoms with E-state index in [0.29, 0.717) is 0 Å². The predicted molar refractivity (Wildman–Crippen MR) is 94.8 cm³/mol. The van der Waals surface area contributed by atoms with E-state index >= 15 is 0 Å². The molecule has 1 heteroatoms. The van der Waals surface area contributed by atoms with E-state index in [0.717, 1.165) is 12.2 Å². The van der Waals surface area contributed by atoms with Gasteiger partial charge in [-0.2, -0.15) is 0 Å². The Morgan fingerprint density at radius 3 is 1.59 bits per heavy atom. The smallest absolute Gasteiger partial charge is 0.118 e. The van der Waals surface area contributed by atoms with E-state index in [1.807, 2.05) is 12.1 Å². The van der Waals surface area contributed by atoms with Crippen molar-refractivity contribution in [3.05, 3.63) is 65.2 Å². The molecule has 0 amide bonds. The summed E-state index contributed by atoms with van der Waals surface area (Å²) in [5.74, 6) is 0.933. The van der Waals surface area contributed by atoms with Gasteiger partial charge in [-0.05, 0) is 59.9 Å². The maximum atomic E-state index is 5.19. The number of benzene rings is 2. The summed E-state index contributed by atoms with van der Waals surface area (Å²) in [5, 5.41) is 0. The highest BCUT2D eigenvalue weighted by atomic mass is 16.5. The van der Waals surface area contributed by atoms with E-state index in [1.165, 1.54) is 36.0 Å². The van der Waals surface area contributed by atoms with Gasteiger partial charge in [0, 0.05) is 0 Å². The fourth-order valence-corrected chi connectivity index (χ4v) is 2.62. The van der Waals surface area contributed by atoms with Crippen LogP contribution in [-0.2, 0) is 18.3 Å². The van der Waals surface area contributed by atoms with E-state index in [4.69, 9.17) is 4.74 Å². The summed E-state index contributed by atoms with van der Waals surface area (Å²) in [5.41, 5.74) is 4.49. The van der Waals surface area contributed by atoms with Gasteiger partial charge < -0.3 is 4.74 Å². The summed E-state index contributed by atoms with van der Waals surface area (Å²) >= 11 is 0. The average Bonchev–Trinajstić information content (AvgIpc) is 2.52. The molecule has 0 aliphatic heterocycles. The standard InChI is InChI=1S/C21H28O/c1-21(2,3)19-13-9-17(10-14-19)7-5-6-8-18-11-15-20(22-4)16-12-18/h9-16H,5-8H2,1-4H3. The molecule has 0 heterocycles. The first-order valence-electron chi connectivity index (χ1n) is 8.21. The van der Waals surface area contributed by atoms with Gasteiger partial charge >= 0.3 is 0 Å². The largest absolute Gasteiger partial charge is 0.497 e. The Balaban J connectivity index is 1.76. The fraction of sp³-hybridized carbons (Fsp3) is 0.429. The first-order valence-corrected chi connectivity index (χ1v) is 8.21. The van der Waals surface area contributed by atoms with E-state index in [9.17, 15) is 0 Å². The molecule has 0 saturated heterocycles. The van der Waals surface area contributed by atoms with E-state index in [1.54, 1.807) is 7.11 Å². The molecule has 2 aromatic rings. The maximum absolute atomic E-state index is 5.19. The zero-order valence-electron chi connectivity index (χ0n) is 14.4. The van der Waals surface area contributed by atoms with Crippen molar-refractivity contribution < 1.29 is 4.74 Å². The van der Waals surface area contributed by atoms with Crippen molar-refractivity contribution >= 4 is 0 Å². The summed E-state index contributed by atoms with van der Waals surface area (Å²) < 4.78 is 5.19. The lowest BCUT2D eigenvalue weighted by molar-refractivity contribution is 0.414. The molecule has 0 aliphatic carbocycles. The maximum Gasteiger partial charge on any atom is 0.118 e. The topological polar surface area (TPSA) is 9.23 Å². The zero-order valence-corrected chi connectivity index (χ0v) is 14.4. The van der Waals surface area contributed by atoms with Crippen LogP contribution in [0.25, 0.3) is 0 Å². The van der Waals surface area contributed by atoms with Gasteiger partial charge in [0.1, 0.15) is 5.75 Å². The fourth-order valence-electron chi connectivity index (χ4n) is 2.62. The molecule has 118 valence electrons. The molecule has 2 aromatic carbocycles. The third-order valence-electron chi connectivity index (χ3n) is 4.16. The van der Waals surface area contributed by atoms with Crippen molar-refractivity contribution in [1.82, 2.24) is 0 Å². The first kappa shape index (κ1) is 16.6. The highest BCUT2D eigenvalue weighted by Gasteiger charge is 2.12. The average molecular weight is 296 g/mol. The van der Waals surface area contributed by atoms with Crippen LogP contribution in [0, 0.1) is 0 Å². The Labute approximate surface area is 135 Å². The van der Waals surface area contributed by atoms with Crippen LogP contribution in [0.3, 0.4) is 0 Å². The molecule has 0 fully saturated rings. The third kappa shape index (κ3) is 4.91. The molecule has 0 spiro atoms. The lowest BCUT2D eigenvalue weighted by Gasteiger charge is -2.19. The number of hydrogen-bond donors (Lipinski definition) is 0. The molecule has 0 bridgehead atoms. The van der Waals surface area contributed by atoms with Crippen LogP contribution in [0.4, 0.5) is 0 Å². The van der Waals surface area contributed by atoms with Crippen molar-refractivity contribution in [2.45, 2.75) is 51.9 Å². The minimum atomic E-state index is 0.243. The molecule has 22 heavy (non-hydrogen) atoms. The number of rotatable bonds is 6. The van der Waals surface area contributed by atoms with E-state index in [-0.39, 0.29) is 5.41 Å². The summed E-state index contributed by atoms with van der Waals surface area (Å²) in [7, 11) is 1.71. The second-order valence-electron chi connectivity index (χ2n) is 7.00. The van der Waals surface area contributed by atoms with Gasteiger partial charge in [0.15, 0.2) is 0 Å². The first-order chi connectivity index (χ1) is 10.5. The SMILES string of the molecule is COc1ccc(CCCCc2ccc(C(C)(C)C)cc2)cc1. The lowest BCUT2D eigenvalue weighted by atomic mass is 9.86. The summed E-state index contributed by atoms with van der Waals surface area (Å²) in [6.07, 6.45) is 4.78. The molecule has 0 aliphatic rings. The van der Waals surface area contributed by atoms with Crippen LogP contribution in [0.1, 0.15) is 50.3 Å². The van der Waals surface area contributed by atoms with Gasteiger partial charge in [-0.25, -0.2) is 0 Å². The number of aryl methyl sites for hydroxylation is 2. The third-order valence-corrected chi connectivity index (χ3v) is 4.16. The zero-order chi connectivity index (χ0) is 16.0. The number of hydrogen-bond acceptors (Lipinski definition) is 1. The van der Waals surface area contributed by atoms with Gasteiger partial charge in [-0.15, -0.1) is 0 Å².